The van der Waals surface area contributed by atoms with Crippen LogP contribution in [0.3, 0.4) is 0 Å². The second-order valence-corrected chi connectivity index (χ2v) is 4.42. The van der Waals surface area contributed by atoms with E-state index in [0.29, 0.717) is 5.82 Å². The van der Waals surface area contributed by atoms with Crippen molar-refractivity contribution in [1.29, 1.82) is 0 Å². The van der Waals surface area contributed by atoms with E-state index in [1.54, 1.807) is 14.2 Å². The van der Waals surface area contributed by atoms with Crippen LogP contribution in [-0.4, -0.2) is 31.2 Å². The summed E-state index contributed by atoms with van der Waals surface area (Å²) in [6.07, 6.45) is 0. The molecule has 0 unspecified atom stereocenters. The van der Waals surface area contributed by atoms with Gasteiger partial charge in [-0.1, -0.05) is 0 Å². The predicted octanol–water partition coefficient (Wildman–Crippen LogP) is 2.82. The Morgan fingerprint density at radius 3 is 2.40 bits per heavy atom. The van der Waals surface area contributed by atoms with Crippen LogP contribution in [0.2, 0.25) is 0 Å². The molecule has 1 N–H and O–H groups in total. The maximum atomic E-state index is 5.39. The van der Waals surface area contributed by atoms with Crippen molar-refractivity contribution in [2.45, 2.75) is 13.8 Å². The van der Waals surface area contributed by atoms with Gasteiger partial charge in [-0.25, -0.2) is 9.97 Å². The Balaban J connectivity index is 2.63. The molecule has 5 nitrogen and oxygen atoms in total. The number of nitrogens with zero attached hydrogens (tertiary/aromatic N) is 2. The zero-order valence-electron chi connectivity index (χ0n) is 12.4. The van der Waals surface area contributed by atoms with Gasteiger partial charge in [-0.2, -0.15) is 0 Å². The second-order valence-electron chi connectivity index (χ2n) is 4.42. The fourth-order valence-corrected chi connectivity index (χ4v) is 1.98. The van der Waals surface area contributed by atoms with Crippen molar-refractivity contribution in [2.24, 2.45) is 0 Å². The Kier molecular flexibility index (Phi) is 4.08. The highest BCUT2D eigenvalue weighted by Crippen LogP contribution is 2.32. The number of aryl methyl sites for hydroxylation is 1. The molecule has 0 atom stereocenters. The first-order valence-corrected chi connectivity index (χ1v) is 6.36. The van der Waals surface area contributed by atoms with Gasteiger partial charge in [0.15, 0.2) is 5.82 Å². The molecule has 5 heteroatoms. The van der Waals surface area contributed by atoms with E-state index in [9.17, 15) is 0 Å². The molecule has 2 aromatic rings. The molecular weight excluding hydrogens is 254 g/mol. The Labute approximate surface area is 119 Å². The second kappa shape index (κ2) is 5.77. The molecule has 2 rings (SSSR count). The number of methoxy groups -OCH3 is 2. The van der Waals surface area contributed by atoms with Gasteiger partial charge in [0.2, 0.25) is 0 Å². The Bertz CT molecular complexity index is 627. The minimum Gasteiger partial charge on any atom is -0.497 e. The molecule has 0 saturated heterocycles. The summed E-state index contributed by atoms with van der Waals surface area (Å²) in [4.78, 5) is 9.10. The maximum Gasteiger partial charge on any atom is 0.165 e. The first-order valence-electron chi connectivity index (χ1n) is 6.36. The maximum absolute atomic E-state index is 5.39. The normalized spacial score (nSPS) is 10.2. The molecule has 0 amide bonds. The minimum absolute atomic E-state index is 0.619. The summed E-state index contributed by atoms with van der Waals surface area (Å²) in [5, 5.41) is 3.09. The molecule has 0 saturated carbocycles. The van der Waals surface area contributed by atoms with Crippen LogP contribution in [0.5, 0.6) is 11.5 Å². The van der Waals surface area contributed by atoms with E-state index in [0.717, 1.165) is 34.1 Å². The zero-order chi connectivity index (χ0) is 14.7. The van der Waals surface area contributed by atoms with Crippen molar-refractivity contribution in [3.8, 4) is 22.9 Å². The summed E-state index contributed by atoms with van der Waals surface area (Å²) < 4.78 is 10.6. The van der Waals surface area contributed by atoms with Crippen molar-refractivity contribution in [2.75, 3.05) is 26.6 Å². The molecule has 106 valence electrons. The van der Waals surface area contributed by atoms with Crippen LogP contribution >= 0.6 is 0 Å². The highest BCUT2D eigenvalue weighted by Gasteiger charge is 2.14. The highest BCUT2D eigenvalue weighted by atomic mass is 16.5. The molecule has 1 aromatic carbocycles. The Hall–Kier alpha value is -2.30. The van der Waals surface area contributed by atoms with Crippen molar-refractivity contribution >= 4 is 5.82 Å². The summed E-state index contributed by atoms with van der Waals surface area (Å²) in [5.41, 5.74) is 2.79. The van der Waals surface area contributed by atoms with Crippen molar-refractivity contribution < 1.29 is 9.47 Å². The van der Waals surface area contributed by atoms with Gasteiger partial charge >= 0.3 is 0 Å². The summed E-state index contributed by atoms with van der Waals surface area (Å²) in [6, 6.07) is 5.58. The average Bonchev–Trinajstić information content (AvgIpc) is 2.49. The van der Waals surface area contributed by atoms with Gasteiger partial charge in [-0.15, -0.1) is 0 Å². The van der Waals surface area contributed by atoms with E-state index in [4.69, 9.17) is 9.47 Å². The smallest absolute Gasteiger partial charge is 0.165 e. The minimum atomic E-state index is 0.619. The molecule has 0 bridgehead atoms. The van der Waals surface area contributed by atoms with Crippen molar-refractivity contribution in [3.63, 3.8) is 0 Å². The van der Waals surface area contributed by atoms with Crippen LogP contribution in [-0.2, 0) is 0 Å². The van der Waals surface area contributed by atoms with Gasteiger partial charge in [0.25, 0.3) is 0 Å². The number of hydrogen-bond acceptors (Lipinski definition) is 5. The lowest BCUT2D eigenvalue weighted by Crippen LogP contribution is -2.03. The molecule has 0 aliphatic carbocycles. The van der Waals surface area contributed by atoms with Crippen LogP contribution in [0.4, 0.5) is 5.82 Å². The first kappa shape index (κ1) is 14.1. The highest BCUT2D eigenvalue weighted by molar-refractivity contribution is 5.68. The largest absolute Gasteiger partial charge is 0.497 e. The number of nitrogens with one attached hydrogen (secondary N) is 1. The molecule has 0 radical (unpaired) electrons. The third-order valence-corrected chi connectivity index (χ3v) is 3.27. The number of rotatable bonds is 4. The van der Waals surface area contributed by atoms with Gasteiger partial charge in [0.05, 0.1) is 19.8 Å². The summed E-state index contributed by atoms with van der Waals surface area (Å²) in [5.74, 6) is 2.90. The number of ether oxygens (including phenoxy) is 2. The molecule has 20 heavy (non-hydrogen) atoms. The number of aromatic nitrogens is 2. The Morgan fingerprint density at radius 1 is 1.05 bits per heavy atom. The number of benzene rings is 1. The van der Waals surface area contributed by atoms with Crippen LogP contribution in [0.15, 0.2) is 18.2 Å². The monoisotopic (exact) mass is 273 g/mol. The van der Waals surface area contributed by atoms with Gasteiger partial charge in [0, 0.05) is 18.3 Å². The van der Waals surface area contributed by atoms with Gasteiger partial charge < -0.3 is 14.8 Å². The van der Waals surface area contributed by atoms with Crippen LogP contribution in [0, 0.1) is 13.8 Å². The van der Waals surface area contributed by atoms with E-state index in [1.807, 2.05) is 39.1 Å². The average molecular weight is 273 g/mol. The van der Waals surface area contributed by atoms with Crippen LogP contribution in [0.25, 0.3) is 11.4 Å². The fourth-order valence-electron chi connectivity index (χ4n) is 1.98. The van der Waals surface area contributed by atoms with Crippen molar-refractivity contribution in [1.82, 2.24) is 9.97 Å². The standard InChI is InChI=1S/C15H19N3O2/c1-9-10(2)17-15(18-14(9)16-3)12-8-11(19-4)6-7-13(12)20-5/h6-8H,1-5H3,(H,16,17,18). The molecule has 1 heterocycles. The van der Waals surface area contributed by atoms with E-state index in [2.05, 4.69) is 15.3 Å². The molecular formula is C15H19N3O2. The molecule has 0 aliphatic rings. The fraction of sp³-hybridized carbons (Fsp3) is 0.333. The predicted molar refractivity (Wildman–Crippen MR) is 79.6 cm³/mol. The molecule has 0 aliphatic heterocycles. The SMILES string of the molecule is CNc1nc(-c2cc(OC)ccc2OC)nc(C)c1C. The number of hydrogen-bond donors (Lipinski definition) is 1. The lowest BCUT2D eigenvalue weighted by Gasteiger charge is -2.13. The molecule has 0 fully saturated rings. The summed E-state index contributed by atoms with van der Waals surface area (Å²) >= 11 is 0. The topological polar surface area (TPSA) is 56.3 Å². The lowest BCUT2D eigenvalue weighted by molar-refractivity contribution is 0.404. The number of anilines is 1. The van der Waals surface area contributed by atoms with Crippen LogP contribution < -0.4 is 14.8 Å². The van der Waals surface area contributed by atoms with E-state index in [1.165, 1.54) is 0 Å². The summed E-state index contributed by atoms with van der Waals surface area (Å²) in [7, 11) is 5.11. The van der Waals surface area contributed by atoms with E-state index < -0.39 is 0 Å². The van der Waals surface area contributed by atoms with E-state index >= 15 is 0 Å². The lowest BCUT2D eigenvalue weighted by atomic mass is 10.1. The van der Waals surface area contributed by atoms with Crippen LogP contribution in [0.1, 0.15) is 11.3 Å². The first-order chi connectivity index (χ1) is 9.60. The molecule has 0 spiro atoms. The van der Waals surface area contributed by atoms with Gasteiger partial charge in [-0.05, 0) is 32.0 Å². The van der Waals surface area contributed by atoms with Gasteiger partial charge in [-0.3, -0.25) is 0 Å². The quantitative estimate of drug-likeness (QED) is 0.928. The zero-order valence-corrected chi connectivity index (χ0v) is 12.4. The van der Waals surface area contributed by atoms with Crippen molar-refractivity contribution in [3.05, 3.63) is 29.5 Å². The van der Waals surface area contributed by atoms with Gasteiger partial charge in [0.1, 0.15) is 17.3 Å². The third-order valence-electron chi connectivity index (χ3n) is 3.27. The van der Waals surface area contributed by atoms with E-state index in [-0.39, 0.29) is 0 Å². The molecule has 1 aromatic heterocycles. The third kappa shape index (κ3) is 2.52. The summed E-state index contributed by atoms with van der Waals surface area (Å²) in [6.45, 7) is 3.96. The Morgan fingerprint density at radius 2 is 1.80 bits per heavy atom.